The maximum absolute atomic E-state index is 12.3. The van der Waals surface area contributed by atoms with Gasteiger partial charge in [-0.3, -0.25) is 9.48 Å². The Bertz CT molecular complexity index is 1050. The van der Waals surface area contributed by atoms with Gasteiger partial charge in [0.1, 0.15) is 0 Å². The van der Waals surface area contributed by atoms with Crippen molar-refractivity contribution < 1.29 is 4.79 Å². The van der Waals surface area contributed by atoms with Gasteiger partial charge in [0, 0.05) is 63.0 Å². The quantitative estimate of drug-likeness (QED) is 0.732. The second-order valence-corrected chi connectivity index (χ2v) is 11.0. The molecule has 1 aromatic carbocycles. The summed E-state index contributed by atoms with van der Waals surface area (Å²) in [6, 6.07) is 9.24. The number of benzene rings is 1. The predicted octanol–water partition coefficient (Wildman–Crippen LogP) is 3.51. The molecule has 0 bridgehead atoms. The molecule has 1 amide bonds. The Kier molecular flexibility index (Phi) is 6.54. The number of anilines is 2. The zero-order valence-electron chi connectivity index (χ0n) is 21.2. The van der Waals surface area contributed by atoms with E-state index >= 15 is 0 Å². The molecule has 7 heteroatoms. The molecule has 5 heterocycles. The third-order valence-corrected chi connectivity index (χ3v) is 8.75. The second-order valence-electron chi connectivity index (χ2n) is 11.0. The molecule has 0 spiro atoms. The number of hydrogen-bond donors (Lipinski definition) is 1. The van der Waals surface area contributed by atoms with Crippen molar-refractivity contribution in [3.8, 4) is 0 Å². The molecule has 0 unspecified atom stereocenters. The third kappa shape index (κ3) is 4.60. The summed E-state index contributed by atoms with van der Waals surface area (Å²) < 4.78 is 2.39. The number of rotatable bonds is 4. The number of aryl methyl sites for hydroxylation is 1. The number of fused-ring (bicyclic) bond motifs is 2. The van der Waals surface area contributed by atoms with E-state index in [0.717, 1.165) is 44.1 Å². The van der Waals surface area contributed by atoms with Crippen LogP contribution in [0.3, 0.4) is 0 Å². The number of para-hydroxylation sites is 1. The van der Waals surface area contributed by atoms with Crippen molar-refractivity contribution in [2.24, 2.45) is 5.92 Å². The fourth-order valence-corrected chi connectivity index (χ4v) is 6.75. The highest BCUT2D eigenvalue weighted by molar-refractivity contribution is 5.75. The van der Waals surface area contributed by atoms with Gasteiger partial charge in [0.2, 0.25) is 5.91 Å². The minimum absolute atomic E-state index is 0.166. The minimum Gasteiger partial charge on any atom is -0.338 e. The Labute approximate surface area is 209 Å². The molecule has 7 nitrogen and oxygen atoms in total. The molecule has 1 N–H and O–H groups in total. The third-order valence-electron chi connectivity index (χ3n) is 8.75. The SMILES string of the molecule is CC(=O)N1CCc2c(c(N3CCCc4ccccc43)nn2C2CCN(CC3CCNCC3)CC2)C1. The number of carbonyl (C=O) groups is 1. The summed E-state index contributed by atoms with van der Waals surface area (Å²) in [6.45, 7) is 10.1. The van der Waals surface area contributed by atoms with Gasteiger partial charge < -0.3 is 20.0 Å². The van der Waals surface area contributed by atoms with E-state index in [0.29, 0.717) is 12.6 Å². The van der Waals surface area contributed by atoms with E-state index in [2.05, 4.69) is 44.1 Å². The largest absolute Gasteiger partial charge is 0.338 e. The van der Waals surface area contributed by atoms with E-state index in [1.165, 1.54) is 80.9 Å². The molecule has 35 heavy (non-hydrogen) atoms. The molecule has 188 valence electrons. The highest BCUT2D eigenvalue weighted by atomic mass is 16.2. The van der Waals surface area contributed by atoms with Crippen LogP contribution in [-0.2, 0) is 24.2 Å². The lowest BCUT2D eigenvalue weighted by Crippen LogP contribution is -2.41. The normalized spacial score (nSPS) is 22.2. The van der Waals surface area contributed by atoms with Crippen molar-refractivity contribution in [1.29, 1.82) is 0 Å². The lowest BCUT2D eigenvalue weighted by Gasteiger charge is -2.36. The molecule has 1 aromatic heterocycles. The number of hydrogen-bond acceptors (Lipinski definition) is 5. The van der Waals surface area contributed by atoms with Gasteiger partial charge in [0.25, 0.3) is 0 Å². The maximum Gasteiger partial charge on any atom is 0.219 e. The summed E-state index contributed by atoms with van der Waals surface area (Å²) >= 11 is 0. The number of nitrogens with one attached hydrogen (secondary N) is 1. The van der Waals surface area contributed by atoms with Crippen molar-refractivity contribution in [3.63, 3.8) is 0 Å². The fraction of sp³-hybridized carbons (Fsp3) is 0.643. The predicted molar refractivity (Wildman–Crippen MR) is 139 cm³/mol. The smallest absolute Gasteiger partial charge is 0.219 e. The summed E-state index contributed by atoms with van der Waals surface area (Å²) in [5.74, 6) is 2.11. The molecular weight excluding hydrogens is 436 g/mol. The van der Waals surface area contributed by atoms with Gasteiger partial charge in [-0.1, -0.05) is 18.2 Å². The van der Waals surface area contributed by atoms with Crippen molar-refractivity contribution in [3.05, 3.63) is 41.1 Å². The van der Waals surface area contributed by atoms with Crippen LogP contribution >= 0.6 is 0 Å². The number of aromatic nitrogens is 2. The number of nitrogens with zero attached hydrogens (tertiary/aromatic N) is 5. The van der Waals surface area contributed by atoms with Crippen LogP contribution < -0.4 is 10.2 Å². The van der Waals surface area contributed by atoms with Crippen LogP contribution in [0.5, 0.6) is 0 Å². The Hall–Kier alpha value is -2.38. The Morgan fingerprint density at radius 3 is 2.63 bits per heavy atom. The first-order valence-electron chi connectivity index (χ1n) is 13.8. The molecule has 6 rings (SSSR count). The number of carbonyl (C=O) groups excluding carboxylic acids is 1. The zero-order chi connectivity index (χ0) is 23.8. The Balaban J connectivity index is 1.26. The molecule has 0 atom stereocenters. The van der Waals surface area contributed by atoms with Crippen LogP contribution in [0, 0.1) is 5.92 Å². The number of likely N-dealkylation sites (tertiary alicyclic amines) is 1. The van der Waals surface area contributed by atoms with Gasteiger partial charge in [0.15, 0.2) is 5.82 Å². The van der Waals surface area contributed by atoms with Crippen LogP contribution in [0.4, 0.5) is 11.5 Å². The van der Waals surface area contributed by atoms with Crippen LogP contribution in [-0.4, -0.2) is 71.3 Å². The second kappa shape index (κ2) is 9.94. The maximum atomic E-state index is 12.3. The van der Waals surface area contributed by atoms with Gasteiger partial charge in [-0.25, -0.2) is 0 Å². The molecule has 2 aromatic rings. The number of amides is 1. The number of piperidine rings is 2. The molecule has 0 aliphatic carbocycles. The molecule has 4 aliphatic heterocycles. The summed E-state index contributed by atoms with van der Waals surface area (Å²) in [5, 5.41) is 8.85. The van der Waals surface area contributed by atoms with Crippen molar-refractivity contribution in [2.45, 2.75) is 64.5 Å². The minimum atomic E-state index is 0.166. The topological polar surface area (TPSA) is 56.6 Å². The van der Waals surface area contributed by atoms with E-state index in [4.69, 9.17) is 5.10 Å². The molecule has 0 saturated carbocycles. The lowest BCUT2D eigenvalue weighted by molar-refractivity contribution is -0.129. The fourth-order valence-electron chi connectivity index (χ4n) is 6.75. The van der Waals surface area contributed by atoms with Crippen molar-refractivity contribution in [2.75, 3.05) is 50.7 Å². The summed E-state index contributed by atoms with van der Waals surface area (Å²) in [7, 11) is 0. The van der Waals surface area contributed by atoms with E-state index in [1.54, 1.807) is 6.92 Å². The molecule has 4 aliphatic rings. The van der Waals surface area contributed by atoms with Crippen molar-refractivity contribution >= 4 is 17.4 Å². The standard InChI is InChI=1S/C28H40N6O/c1-21(35)32-18-12-27-25(20-32)28(33-15-4-6-23-5-2-3-7-26(23)33)30-34(27)24-10-16-31(17-11-24)19-22-8-13-29-14-9-22/h2-3,5,7,22,24,29H,4,6,8-20H2,1H3. The first kappa shape index (κ1) is 23.0. The van der Waals surface area contributed by atoms with Gasteiger partial charge >= 0.3 is 0 Å². The molecule has 2 saturated heterocycles. The van der Waals surface area contributed by atoms with Crippen LogP contribution in [0.25, 0.3) is 0 Å². The van der Waals surface area contributed by atoms with E-state index in [1.807, 2.05) is 4.90 Å². The average Bonchev–Trinajstić information content (AvgIpc) is 3.28. The van der Waals surface area contributed by atoms with Gasteiger partial charge in [-0.2, -0.15) is 5.10 Å². The van der Waals surface area contributed by atoms with E-state index < -0.39 is 0 Å². The van der Waals surface area contributed by atoms with Crippen LogP contribution in [0.2, 0.25) is 0 Å². The van der Waals surface area contributed by atoms with E-state index in [9.17, 15) is 4.79 Å². The van der Waals surface area contributed by atoms with Gasteiger partial charge in [-0.15, -0.1) is 0 Å². The van der Waals surface area contributed by atoms with Crippen LogP contribution in [0.1, 0.15) is 61.9 Å². The summed E-state index contributed by atoms with van der Waals surface area (Å²) in [5.41, 5.74) is 5.35. The highest BCUT2D eigenvalue weighted by Crippen LogP contribution is 2.39. The average molecular weight is 477 g/mol. The highest BCUT2D eigenvalue weighted by Gasteiger charge is 2.34. The lowest BCUT2D eigenvalue weighted by atomic mass is 9.95. The van der Waals surface area contributed by atoms with Crippen LogP contribution in [0.15, 0.2) is 24.3 Å². The summed E-state index contributed by atoms with van der Waals surface area (Å²) in [6.07, 6.45) is 8.17. The first-order chi connectivity index (χ1) is 17.2. The molecule has 2 fully saturated rings. The zero-order valence-corrected chi connectivity index (χ0v) is 21.2. The monoisotopic (exact) mass is 476 g/mol. The van der Waals surface area contributed by atoms with E-state index in [-0.39, 0.29) is 5.91 Å². The summed E-state index contributed by atoms with van der Waals surface area (Å²) in [4.78, 5) is 19.4. The Morgan fingerprint density at radius 1 is 1.03 bits per heavy atom. The van der Waals surface area contributed by atoms with Gasteiger partial charge in [-0.05, 0) is 69.2 Å². The molecule has 0 radical (unpaired) electrons. The molecular formula is C28H40N6O. The van der Waals surface area contributed by atoms with Gasteiger partial charge in [0.05, 0.1) is 12.6 Å². The van der Waals surface area contributed by atoms with Crippen molar-refractivity contribution in [1.82, 2.24) is 24.9 Å². The Morgan fingerprint density at radius 2 is 1.83 bits per heavy atom. The first-order valence-corrected chi connectivity index (χ1v) is 13.8.